The van der Waals surface area contributed by atoms with Crippen molar-refractivity contribution in [2.45, 2.75) is 77.5 Å². The van der Waals surface area contributed by atoms with Gasteiger partial charge in [-0.15, -0.1) is 0 Å². The molecule has 0 saturated carbocycles. The number of nitrogens with one attached hydrogen (secondary N) is 1. The van der Waals surface area contributed by atoms with Crippen LogP contribution in [0.5, 0.6) is 0 Å². The van der Waals surface area contributed by atoms with Gasteiger partial charge in [-0.3, -0.25) is 29.0 Å². The molecule has 3 aromatic heterocycles. The van der Waals surface area contributed by atoms with Gasteiger partial charge < -0.3 is 5.32 Å². The second kappa shape index (κ2) is 18.2. The lowest BCUT2D eigenvalue weighted by Gasteiger charge is -2.28. The molecular weight excluding hydrogens is 791 g/mol. The van der Waals surface area contributed by atoms with Crippen LogP contribution in [0.15, 0.2) is 117 Å². The molecule has 7 aromatic rings. The predicted octanol–water partition coefficient (Wildman–Crippen LogP) is 6.01. The van der Waals surface area contributed by atoms with Crippen molar-refractivity contribution < 1.29 is 32.9 Å². The average Bonchev–Trinajstić information content (AvgIpc) is 4.05. The number of imidazole rings is 3. The van der Waals surface area contributed by atoms with E-state index in [2.05, 4.69) is 61.0 Å². The third kappa shape index (κ3) is 8.64. The van der Waals surface area contributed by atoms with Gasteiger partial charge in [0.1, 0.15) is 37.2 Å². The van der Waals surface area contributed by atoms with Gasteiger partial charge in [-0.25, -0.2) is 27.4 Å². The van der Waals surface area contributed by atoms with E-state index in [0.717, 1.165) is 91.9 Å². The minimum Gasteiger partial charge on any atom is -0.384 e. The number of hydrogen-bond donors (Lipinski definition) is 1. The zero-order valence-electron chi connectivity index (χ0n) is 36.3. The van der Waals surface area contributed by atoms with Gasteiger partial charge in [-0.2, -0.15) is 0 Å². The minimum absolute atomic E-state index is 0.223. The van der Waals surface area contributed by atoms with Crippen LogP contribution in [0.4, 0.5) is 5.69 Å². The molecular formula is C50H56N9O4+3. The summed E-state index contributed by atoms with van der Waals surface area (Å²) in [5.74, 6) is -0.908. The van der Waals surface area contributed by atoms with Crippen molar-refractivity contribution in [2.24, 2.45) is 14.1 Å². The number of aryl methyl sites for hydroxylation is 7. The lowest BCUT2D eigenvalue weighted by Crippen LogP contribution is -2.42. The zero-order valence-corrected chi connectivity index (χ0v) is 36.3. The summed E-state index contributed by atoms with van der Waals surface area (Å²) in [4.78, 5) is 57.6. The Morgan fingerprint density at radius 3 is 1.67 bits per heavy atom. The molecule has 2 aliphatic heterocycles. The Morgan fingerprint density at radius 2 is 1.02 bits per heavy atom. The van der Waals surface area contributed by atoms with E-state index in [9.17, 15) is 19.2 Å². The summed E-state index contributed by atoms with van der Waals surface area (Å²) in [6.45, 7) is 4.80. The number of nitrogens with zero attached hydrogens (tertiary/aromatic N) is 8. The number of aromatic nitrogens is 6. The Bertz CT molecular complexity index is 2810. The van der Waals surface area contributed by atoms with E-state index >= 15 is 0 Å². The third-order valence-electron chi connectivity index (χ3n) is 12.6. The molecule has 1 N–H and O–H groups in total. The van der Waals surface area contributed by atoms with Gasteiger partial charge in [-0.1, -0.05) is 30.3 Å². The second-order valence-corrected chi connectivity index (χ2v) is 17.1. The minimum atomic E-state index is -0.231. The van der Waals surface area contributed by atoms with E-state index in [4.69, 9.17) is 0 Å². The first-order chi connectivity index (χ1) is 30.7. The molecule has 0 spiro atoms. The first kappa shape index (κ1) is 41.5. The van der Waals surface area contributed by atoms with Crippen LogP contribution < -0.4 is 19.0 Å². The highest BCUT2D eigenvalue weighted by Gasteiger charge is 2.34. The lowest BCUT2D eigenvalue weighted by atomic mass is 9.90. The molecule has 2 aliphatic rings. The van der Waals surface area contributed by atoms with E-state index in [-0.39, 0.29) is 23.6 Å². The molecule has 13 nitrogen and oxygen atoms in total. The lowest BCUT2D eigenvalue weighted by molar-refractivity contribution is -0.696. The third-order valence-corrected chi connectivity index (χ3v) is 12.6. The molecule has 0 saturated heterocycles. The van der Waals surface area contributed by atoms with Gasteiger partial charge in [0.2, 0.25) is 19.0 Å². The number of unbranched alkanes of at least 4 members (excludes halogenated alkanes) is 3. The Morgan fingerprint density at radius 1 is 0.492 bits per heavy atom. The quantitative estimate of drug-likeness (QED) is 0.0574. The predicted molar refractivity (Wildman–Crippen MR) is 239 cm³/mol. The van der Waals surface area contributed by atoms with Crippen LogP contribution in [0.25, 0.3) is 21.5 Å². The molecule has 4 aromatic carbocycles. The number of carbonyl (C=O) groups is 4. The van der Waals surface area contributed by atoms with Crippen LogP contribution >= 0.6 is 0 Å². The molecule has 9 rings (SSSR count). The summed E-state index contributed by atoms with van der Waals surface area (Å²) in [6.07, 6.45) is 25.4. The molecule has 5 heterocycles. The molecule has 0 atom stereocenters. The number of amides is 4. The Balaban J connectivity index is 0.725. The van der Waals surface area contributed by atoms with E-state index in [1.165, 1.54) is 15.4 Å². The fourth-order valence-electron chi connectivity index (χ4n) is 9.35. The molecule has 0 bridgehead atoms. The number of imide groups is 2. The summed E-state index contributed by atoms with van der Waals surface area (Å²) in [5.41, 5.74) is 4.46. The van der Waals surface area contributed by atoms with E-state index < -0.39 is 0 Å². The molecule has 0 aliphatic carbocycles. The largest absolute Gasteiger partial charge is 0.384 e. The topological polar surface area (TPSA) is 113 Å². The maximum atomic E-state index is 13.7. The maximum Gasteiger partial charge on any atom is 0.261 e. The molecule has 13 heteroatoms. The average molecular weight is 847 g/mol. The van der Waals surface area contributed by atoms with Crippen molar-refractivity contribution in [1.29, 1.82) is 0 Å². The highest BCUT2D eigenvalue weighted by atomic mass is 16.2. The van der Waals surface area contributed by atoms with Crippen LogP contribution in [0.1, 0.15) is 91.9 Å². The normalized spacial score (nSPS) is 13.6. The van der Waals surface area contributed by atoms with E-state index in [0.29, 0.717) is 54.7 Å². The molecule has 0 fully saturated rings. The highest BCUT2D eigenvalue weighted by Crippen LogP contribution is 2.35. The van der Waals surface area contributed by atoms with Crippen LogP contribution in [0.2, 0.25) is 0 Å². The fraction of sp³-hybridized carbons (Fsp3) is 0.340. The highest BCUT2D eigenvalue weighted by molar-refractivity contribution is 6.27. The monoisotopic (exact) mass is 846 g/mol. The molecule has 0 unspecified atom stereocenters. The van der Waals surface area contributed by atoms with Crippen molar-refractivity contribution in [2.75, 3.05) is 25.0 Å². The summed E-state index contributed by atoms with van der Waals surface area (Å²) in [5, 5.41) is 6.95. The summed E-state index contributed by atoms with van der Waals surface area (Å²) < 4.78 is 12.6. The van der Waals surface area contributed by atoms with Gasteiger partial charge in [0.05, 0.1) is 40.3 Å². The standard InChI is InChI=1S/C50H55N9O4/c1-52-28-30-54(34-52)23-7-4-12-37-17-18-42-45-38(37)13-8-15-40(45)47(60)59(49(42)62)27-11-25-57-33-32-56(36-57)22-5-3-6-26-58-48(61)41-16-9-14-39-44(20-19-43(46(39)41)50(58)63)51-21-10-24-55-31-29-53(2)35-55/h8-9,13-20,28-36H,3-7,10-12,21-27H2,1-2H3/q+2/p+1. The van der Waals surface area contributed by atoms with Crippen LogP contribution in [0.3, 0.4) is 0 Å². The van der Waals surface area contributed by atoms with E-state index in [1.54, 1.807) is 0 Å². The number of hydrogen-bond acceptors (Lipinski definition) is 5. The number of anilines is 1. The van der Waals surface area contributed by atoms with Gasteiger partial charge in [0.15, 0.2) is 0 Å². The van der Waals surface area contributed by atoms with Gasteiger partial charge >= 0.3 is 0 Å². The summed E-state index contributed by atoms with van der Waals surface area (Å²) in [7, 11) is 4.03. The fourth-order valence-corrected chi connectivity index (χ4v) is 9.35. The van der Waals surface area contributed by atoms with Crippen LogP contribution in [-0.2, 0) is 46.7 Å². The zero-order chi connectivity index (χ0) is 43.5. The number of carbonyl (C=O) groups excluding carboxylic acids is 4. The van der Waals surface area contributed by atoms with Crippen molar-refractivity contribution >= 4 is 50.9 Å². The van der Waals surface area contributed by atoms with Crippen molar-refractivity contribution in [3.63, 3.8) is 0 Å². The molecule has 63 heavy (non-hydrogen) atoms. The SMILES string of the molecule is C[n+]1ccn(CCCCc2ccc3c4c(cccc24)C(=O)N(CCC[n+]2ccn(CCCCCN4C(=O)c5cccc6c(NCCCn7cc[n+](C)c7)ccc(c56)C4=O)c2)C3=O)c1. The first-order valence-electron chi connectivity index (χ1n) is 22.4. The van der Waals surface area contributed by atoms with Crippen molar-refractivity contribution in [1.82, 2.24) is 23.5 Å². The molecule has 322 valence electrons. The summed E-state index contributed by atoms with van der Waals surface area (Å²) >= 11 is 0. The Labute approximate surface area is 367 Å². The number of benzene rings is 4. The van der Waals surface area contributed by atoms with Crippen molar-refractivity contribution in [3.8, 4) is 0 Å². The van der Waals surface area contributed by atoms with Gasteiger partial charge in [0, 0.05) is 76.6 Å². The Hall–Kier alpha value is -6.89. The molecule has 4 amide bonds. The number of rotatable bonds is 20. The van der Waals surface area contributed by atoms with E-state index in [1.807, 2.05) is 103 Å². The Kier molecular flexibility index (Phi) is 12.0. The van der Waals surface area contributed by atoms with Crippen LogP contribution in [-0.4, -0.2) is 66.8 Å². The smallest absolute Gasteiger partial charge is 0.261 e. The second-order valence-electron chi connectivity index (χ2n) is 17.1. The van der Waals surface area contributed by atoms with Gasteiger partial charge in [0.25, 0.3) is 23.6 Å². The summed E-state index contributed by atoms with van der Waals surface area (Å²) in [6, 6.07) is 19.3. The first-order valence-corrected chi connectivity index (χ1v) is 22.4. The molecule has 0 radical (unpaired) electrons. The van der Waals surface area contributed by atoms with Crippen molar-refractivity contribution in [3.05, 3.63) is 145 Å². The van der Waals surface area contributed by atoms with Gasteiger partial charge in [-0.05, 0) is 79.8 Å². The van der Waals surface area contributed by atoms with Crippen LogP contribution in [0, 0.1) is 0 Å². The maximum absolute atomic E-state index is 13.7.